The number of pyridine rings is 1. The molecule has 1 rings (SSSR count). The molecule has 5 nitrogen and oxygen atoms in total. The van der Waals surface area contributed by atoms with Crippen molar-refractivity contribution in [1.29, 1.82) is 10.5 Å². The summed E-state index contributed by atoms with van der Waals surface area (Å²) in [5.41, 5.74) is 0.256. The van der Waals surface area contributed by atoms with Gasteiger partial charge in [-0.1, -0.05) is 11.6 Å². The van der Waals surface area contributed by atoms with Gasteiger partial charge in [-0.05, 0) is 22.0 Å². The van der Waals surface area contributed by atoms with E-state index in [1.807, 2.05) is 12.1 Å². The van der Waals surface area contributed by atoms with Crippen LogP contribution in [0.15, 0.2) is 16.7 Å². The van der Waals surface area contributed by atoms with Gasteiger partial charge in [0.1, 0.15) is 5.15 Å². The normalized spacial score (nSPS) is 9.47. The molecular formula is C12H10BrClN4O. The number of halogens is 2. The Bertz CT molecular complexity index is 532. The summed E-state index contributed by atoms with van der Waals surface area (Å²) in [4.78, 5) is 17.6. The number of rotatable bonds is 5. The molecule has 98 valence electrons. The second-order valence-corrected chi connectivity index (χ2v) is 4.87. The number of nitrogens with zero attached hydrogens (tertiary/aromatic N) is 4. The van der Waals surface area contributed by atoms with Crippen LogP contribution in [0.5, 0.6) is 0 Å². The maximum absolute atomic E-state index is 12.3. The average Bonchev–Trinajstić information content (AvgIpc) is 2.41. The van der Waals surface area contributed by atoms with E-state index in [0.29, 0.717) is 4.47 Å². The number of nitriles is 2. The van der Waals surface area contributed by atoms with Crippen molar-refractivity contribution in [3.8, 4) is 12.1 Å². The van der Waals surface area contributed by atoms with Crippen molar-refractivity contribution in [2.75, 3.05) is 13.1 Å². The van der Waals surface area contributed by atoms with E-state index in [9.17, 15) is 4.79 Å². The molecule has 0 aromatic carbocycles. The zero-order chi connectivity index (χ0) is 14.3. The molecule has 0 unspecified atom stereocenters. The maximum Gasteiger partial charge on any atom is 0.257 e. The van der Waals surface area contributed by atoms with Crippen LogP contribution in [0.25, 0.3) is 0 Å². The van der Waals surface area contributed by atoms with E-state index in [1.165, 1.54) is 11.1 Å². The standard InChI is InChI=1S/C12H10BrClN4O/c13-9-7-10(11(14)17-8-9)12(19)18(5-1-3-15)6-2-4-16/h7-8H,1-2,5-6H2. The summed E-state index contributed by atoms with van der Waals surface area (Å²) < 4.78 is 0.640. The first-order valence-corrected chi connectivity index (χ1v) is 6.61. The lowest BCUT2D eigenvalue weighted by molar-refractivity contribution is 0.0762. The molecule has 1 heterocycles. The molecule has 0 N–H and O–H groups in total. The SMILES string of the molecule is N#CCCN(CCC#N)C(=O)c1cc(Br)cnc1Cl. The molecule has 0 fully saturated rings. The fourth-order valence-corrected chi connectivity index (χ4v) is 1.94. The fraction of sp³-hybridized carbons (Fsp3) is 0.333. The molecule has 0 spiro atoms. The minimum absolute atomic E-state index is 0.104. The van der Waals surface area contributed by atoms with Crippen LogP contribution in [0, 0.1) is 22.7 Å². The molecule has 0 aliphatic heterocycles. The van der Waals surface area contributed by atoms with Crippen LogP contribution in [-0.4, -0.2) is 28.9 Å². The molecule has 0 bridgehead atoms. The number of carbonyl (C=O) groups excluding carboxylic acids is 1. The number of aromatic nitrogens is 1. The maximum atomic E-state index is 12.3. The molecule has 1 amide bonds. The van der Waals surface area contributed by atoms with Gasteiger partial charge in [-0.15, -0.1) is 0 Å². The lowest BCUT2D eigenvalue weighted by atomic mass is 10.2. The Morgan fingerprint density at radius 3 is 2.47 bits per heavy atom. The van der Waals surface area contributed by atoms with Crippen LogP contribution in [0.1, 0.15) is 23.2 Å². The van der Waals surface area contributed by atoms with Gasteiger partial charge in [0.05, 0.1) is 30.5 Å². The summed E-state index contributed by atoms with van der Waals surface area (Å²) in [6.45, 7) is 0.527. The van der Waals surface area contributed by atoms with E-state index < -0.39 is 0 Å². The van der Waals surface area contributed by atoms with Crippen molar-refractivity contribution < 1.29 is 4.79 Å². The molecule has 0 atom stereocenters. The van der Waals surface area contributed by atoms with Gasteiger partial charge in [-0.2, -0.15) is 10.5 Å². The van der Waals surface area contributed by atoms with Crippen molar-refractivity contribution in [2.45, 2.75) is 12.8 Å². The Morgan fingerprint density at radius 2 is 1.95 bits per heavy atom. The van der Waals surface area contributed by atoms with Crippen molar-refractivity contribution in [1.82, 2.24) is 9.88 Å². The molecule has 0 radical (unpaired) electrons. The van der Waals surface area contributed by atoms with Crippen molar-refractivity contribution in [3.63, 3.8) is 0 Å². The quantitative estimate of drug-likeness (QED) is 0.771. The topological polar surface area (TPSA) is 80.8 Å². The molecular weight excluding hydrogens is 332 g/mol. The van der Waals surface area contributed by atoms with Crippen molar-refractivity contribution >= 4 is 33.4 Å². The summed E-state index contributed by atoms with van der Waals surface area (Å²) in [6, 6.07) is 5.52. The monoisotopic (exact) mass is 340 g/mol. The number of hydrogen-bond acceptors (Lipinski definition) is 4. The van der Waals surface area contributed by atoms with E-state index in [0.717, 1.165) is 0 Å². The molecule has 1 aromatic heterocycles. The Kier molecular flexibility index (Phi) is 6.27. The van der Waals surface area contributed by atoms with Gasteiger partial charge in [0, 0.05) is 23.8 Å². The summed E-state index contributed by atoms with van der Waals surface area (Å²) >= 11 is 9.12. The van der Waals surface area contributed by atoms with Crippen LogP contribution in [0.3, 0.4) is 0 Å². The Balaban J connectivity index is 2.94. The minimum Gasteiger partial charge on any atom is -0.336 e. The Labute approximate surface area is 124 Å². The minimum atomic E-state index is -0.329. The number of amides is 1. The van der Waals surface area contributed by atoms with Crippen molar-refractivity contribution in [2.24, 2.45) is 0 Å². The first kappa shape index (κ1) is 15.4. The predicted molar refractivity (Wildman–Crippen MR) is 73.3 cm³/mol. The van der Waals surface area contributed by atoms with E-state index in [4.69, 9.17) is 22.1 Å². The molecule has 0 aliphatic carbocycles. The zero-order valence-electron chi connectivity index (χ0n) is 9.94. The fourth-order valence-electron chi connectivity index (χ4n) is 1.43. The molecule has 7 heteroatoms. The Morgan fingerprint density at radius 1 is 1.37 bits per heavy atom. The lowest BCUT2D eigenvalue weighted by Crippen LogP contribution is -2.33. The molecule has 0 saturated heterocycles. The van der Waals surface area contributed by atoms with E-state index in [2.05, 4.69) is 20.9 Å². The predicted octanol–water partition coefficient (Wildman–Crippen LogP) is 2.77. The second kappa shape index (κ2) is 7.73. The number of carbonyl (C=O) groups is 1. The molecule has 0 aliphatic rings. The van der Waals surface area contributed by atoms with E-state index in [-0.39, 0.29) is 42.6 Å². The van der Waals surface area contributed by atoms with Crippen LogP contribution < -0.4 is 0 Å². The highest BCUT2D eigenvalue weighted by Gasteiger charge is 2.19. The third-order valence-corrected chi connectivity index (χ3v) is 3.05. The first-order valence-electron chi connectivity index (χ1n) is 5.44. The smallest absolute Gasteiger partial charge is 0.257 e. The Hall–Kier alpha value is -1.63. The molecule has 0 saturated carbocycles. The summed E-state index contributed by atoms with van der Waals surface area (Å²) in [5.74, 6) is -0.329. The van der Waals surface area contributed by atoms with Gasteiger partial charge >= 0.3 is 0 Å². The van der Waals surface area contributed by atoms with Gasteiger partial charge in [-0.3, -0.25) is 4.79 Å². The highest BCUT2D eigenvalue weighted by atomic mass is 79.9. The van der Waals surface area contributed by atoms with Gasteiger partial charge in [0.25, 0.3) is 5.91 Å². The zero-order valence-corrected chi connectivity index (χ0v) is 12.3. The van der Waals surface area contributed by atoms with Crippen LogP contribution in [0.2, 0.25) is 5.15 Å². The summed E-state index contributed by atoms with van der Waals surface area (Å²) in [6.07, 6.45) is 1.90. The van der Waals surface area contributed by atoms with Crippen LogP contribution in [-0.2, 0) is 0 Å². The van der Waals surface area contributed by atoms with Gasteiger partial charge in [-0.25, -0.2) is 4.98 Å². The lowest BCUT2D eigenvalue weighted by Gasteiger charge is -2.20. The highest BCUT2D eigenvalue weighted by Crippen LogP contribution is 2.20. The van der Waals surface area contributed by atoms with Gasteiger partial charge in [0.2, 0.25) is 0 Å². The third-order valence-electron chi connectivity index (χ3n) is 2.31. The van der Waals surface area contributed by atoms with Gasteiger partial charge < -0.3 is 4.90 Å². The largest absolute Gasteiger partial charge is 0.336 e. The number of hydrogen-bond donors (Lipinski definition) is 0. The van der Waals surface area contributed by atoms with Crippen molar-refractivity contribution in [3.05, 3.63) is 27.5 Å². The summed E-state index contributed by atoms with van der Waals surface area (Å²) in [7, 11) is 0. The van der Waals surface area contributed by atoms with Crippen LogP contribution in [0.4, 0.5) is 0 Å². The van der Waals surface area contributed by atoms with Crippen LogP contribution >= 0.6 is 27.5 Å². The first-order chi connectivity index (χ1) is 9.10. The molecule has 1 aromatic rings. The van der Waals surface area contributed by atoms with Gasteiger partial charge in [0.15, 0.2) is 0 Å². The average molecular weight is 342 g/mol. The third kappa shape index (κ3) is 4.51. The second-order valence-electron chi connectivity index (χ2n) is 3.60. The van der Waals surface area contributed by atoms with E-state index in [1.54, 1.807) is 6.07 Å². The summed E-state index contributed by atoms with van der Waals surface area (Å²) in [5, 5.41) is 17.3. The molecule has 19 heavy (non-hydrogen) atoms. The van der Waals surface area contributed by atoms with E-state index >= 15 is 0 Å². The highest BCUT2D eigenvalue weighted by molar-refractivity contribution is 9.10.